The molecule has 2 saturated heterocycles. The van der Waals surface area contributed by atoms with Gasteiger partial charge in [0.2, 0.25) is 0 Å². The number of anilines is 1. The monoisotopic (exact) mass is 428 g/mol. The maximum absolute atomic E-state index is 12.6. The number of amides is 2. The summed E-state index contributed by atoms with van der Waals surface area (Å²) in [5.41, 5.74) is 1.56. The van der Waals surface area contributed by atoms with Crippen LogP contribution in [0.15, 0.2) is 48.7 Å². The number of hydrogen-bond donors (Lipinski definition) is 3. The van der Waals surface area contributed by atoms with E-state index >= 15 is 0 Å². The van der Waals surface area contributed by atoms with E-state index in [4.69, 9.17) is 14.2 Å². The van der Waals surface area contributed by atoms with Crippen molar-refractivity contribution in [3.05, 3.63) is 54.4 Å². The van der Waals surface area contributed by atoms with Crippen LogP contribution in [-0.2, 0) is 15.9 Å². The molecule has 0 radical (unpaired) electrons. The molecule has 9 heteroatoms. The van der Waals surface area contributed by atoms with E-state index < -0.39 is 36.6 Å². The smallest absolute Gasteiger partial charge is 0.319 e. The number of carbonyl (C=O) groups excluding carboxylic acids is 1. The number of methoxy groups -OCH3 is 1. The first-order valence-electron chi connectivity index (χ1n) is 10.3. The van der Waals surface area contributed by atoms with Crippen molar-refractivity contribution in [1.82, 2.24) is 15.2 Å². The average Bonchev–Trinajstić information content (AvgIpc) is 3.21. The molecular weight excluding hydrogens is 400 g/mol. The van der Waals surface area contributed by atoms with Gasteiger partial charge in [0.05, 0.1) is 31.9 Å². The summed E-state index contributed by atoms with van der Waals surface area (Å²) in [4.78, 5) is 18.9. The number of benzene rings is 1. The third-order valence-corrected chi connectivity index (χ3v) is 5.71. The predicted molar refractivity (Wildman–Crippen MR) is 114 cm³/mol. The molecular formula is C22H28N4O5. The fourth-order valence-electron chi connectivity index (χ4n) is 4.05. The molecule has 5 atom stereocenters. The Bertz CT molecular complexity index is 883. The third-order valence-electron chi connectivity index (χ3n) is 5.71. The topological polar surface area (TPSA) is 105 Å². The van der Waals surface area contributed by atoms with E-state index in [9.17, 15) is 9.90 Å². The fraction of sp³-hybridized carbons (Fsp3) is 0.455. The molecule has 0 unspecified atom stereocenters. The van der Waals surface area contributed by atoms with E-state index in [-0.39, 0.29) is 0 Å². The molecule has 2 aliphatic heterocycles. The fourth-order valence-corrected chi connectivity index (χ4v) is 4.05. The molecule has 1 aromatic heterocycles. The highest BCUT2D eigenvalue weighted by atomic mass is 16.7. The van der Waals surface area contributed by atoms with Crippen molar-refractivity contribution in [3.63, 3.8) is 0 Å². The van der Waals surface area contributed by atoms with Gasteiger partial charge in [-0.1, -0.05) is 12.1 Å². The minimum absolute atomic E-state index is 0.316. The number of aliphatic hydroxyl groups excluding tert-OH is 1. The van der Waals surface area contributed by atoms with Gasteiger partial charge in [-0.05, 0) is 31.3 Å². The highest BCUT2D eigenvalue weighted by Crippen LogP contribution is 2.31. The molecule has 3 N–H and O–H groups in total. The second kappa shape index (κ2) is 9.61. The third kappa shape index (κ3) is 4.96. The van der Waals surface area contributed by atoms with Crippen molar-refractivity contribution in [2.45, 2.75) is 37.0 Å². The zero-order valence-corrected chi connectivity index (χ0v) is 17.6. The molecule has 0 spiro atoms. The standard InChI is InChI=1S/C22H28N4O5/c1-26(11-9-14-6-3-4-10-23-14)19-20(27)18(17-13-30-21(19)31-17)25-22(28)24-15-7-5-8-16(12-15)29-2/h3-8,10,12,17-21,27H,9,11,13H2,1-2H3,(H2,24,25,28)/t17-,18+,19-,20-,21+/m0/s1. The molecule has 0 aliphatic carbocycles. The number of hydrogen-bond acceptors (Lipinski definition) is 7. The Hall–Kier alpha value is -2.72. The van der Waals surface area contributed by atoms with E-state index in [1.165, 1.54) is 0 Å². The largest absolute Gasteiger partial charge is 0.497 e. The lowest BCUT2D eigenvalue weighted by Crippen LogP contribution is -2.65. The van der Waals surface area contributed by atoms with Crippen molar-refractivity contribution in [2.75, 3.05) is 32.6 Å². The van der Waals surface area contributed by atoms with Crippen LogP contribution in [0.25, 0.3) is 0 Å². The summed E-state index contributed by atoms with van der Waals surface area (Å²) in [6, 6.07) is 11.4. The van der Waals surface area contributed by atoms with Crippen LogP contribution in [0, 0.1) is 0 Å². The van der Waals surface area contributed by atoms with Crippen LogP contribution in [0.2, 0.25) is 0 Å². The van der Waals surface area contributed by atoms with Crippen LogP contribution >= 0.6 is 0 Å². The van der Waals surface area contributed by atoms with Gasteiger partial charge in [-0.25, -0.2) is 4.79 Å². The van der Waals surface area contributed by atoms with Crippen LogP contribution in [0.3, 0.4) is 0 Å². The second-order valence-corrected chi connectivity index (χ2v) is 7.77. The van der Waals surface area contributed by atoms with Gasteiger partial charge in [0.1, 0.15) is 11.9 Å². The number of rotatable bonds is 7. The number of aromatic nitrogens is 1. The molecule has 2 aliphatic rings. The maximum atomic E-state index is 12.6. The van der Waals surface area contributed by atoms with Gasteiger partial charge in [-0.2, -0.15) is 0 Å². The van der Waals surface area contributed by atoms with Gasteiger partial charge in [-0.15, -0.1) is 0 Å². The first-order chi connectivity index (χ1) is 15.0. The predicted octanol–water partition coefficient (Wildman–Crippen LogP) is 1.24. The van der Waals surface area contributed by atoms with Gasteiger partial charge in [0.25, 0.3) is 0 Å². The summed E-state index contributed by atoms with van der Waals surface area (Å²) < 4.78 is 16.9. The Morgan fingerprint density at radius 3 is 2.97 bits per heavy atom. The SMILES string of the molecule is COc1cccc(NC(=O)N[C@H]2[C@H](O)[C@H](N(C)CCc3ccccn3)[C@@H]3OC[C@@H]2O3)c1. The highest BCUT2D eigenvalue weighted by Gasteiger charge is 2.51. The van der Waals surface area contributed by atoms with Crippen molar-refractivity contribution in [1.29, 1.82) is 0 Å². The summed E-state index contributed by atoms with van der Waals surface area (Å²) in [7, 11) is 3.48. The molecule has 4 rings (SSSR count). The first kappa shape index (κ1) is 21.5. The highest BCUT2D eigenvalue weighted by molar-refractivity contribution is 5.89. The van der Waals surface area contributed by atoms with Gasteiger partial charge in [0.15, 0.2) is 6.29 Å². The number of nitrogens with zero attached hydrogens (tertiary/aromatic N) is 2. The van der Waals surface area contributed by atoms with Crippen LogP contribution in [-0.4, -0.2) is 78.9 Å². The minimum Gasteiger partial charge on any atom is -0.497 e. The number of likely N-dealkylation sites (N-methyl/N-ethyl adjacent to an activating group) is 1. The molecule has 2 fully saturated rings. The molecule has 31 heavy (non-hydrogen) atoms. The summed E-state index contributed by atoms with van der Waals surface area (Å²) in [6.45, 7) is 0.978. The number of ether oxygens (including phenoxy) is 3. The number of fused-ring (bicyclic) bond motifs is 2. The Balaban J connectivity index is 1.39. The molecule has 3 heterocycles. The molecule has 0 saturated carbocycles. The normalized spacial score (nSPS) is 27.2. The van der Waals surface area contributed by atoms with E-state index in [2.05, 4.69) is 15.6 Å². The quantitative estimate of drug-likeness (QED) is 0.609. The van der Waals surface area contributed by atoms with Gasteiger partial charge < -0.3 is 30.0 Å². The number of pyridine rings is 1. The van der Waals surface area contributed by atoms with Gasteiger partial charge in [-0.3, -0.25) is 9.88 Å². The van der Waals surface area contributed by atoms with Crippen LogP contribution in [0.4, 0.5) is 10.5 Å². The maximum Gasteiger partial charge on any atom is 0.319 e. The lowest BCUT2D eigenvalue weighted by Gasteiger charge is -2.42. The summed E-state index contributed by atoms with van der Waals surface area (Å²) in [5, 5.41) is 16.7. The van der Waals surface area contributed by atoms with Crippen molar-refractivity contribution >= 4 is 11.7 Å². The van der Waals surface area contributed by atoms with E-state index in [0.29, 0.717) is 24.6 Å². The Morgan fingerprint density at radius 2 is 2.19 bits per heavy atom. The Kier molecular flexibility index (Phi) is 6.67. The van der Waals surface area contributed by atoms with Gasteiger partial charge >= 0.3 is 6.03 Å². The molecule has 2 aromatic rings. The molecule has 2 bridgehead atoms. The van der Waals surface area contributed by atoms with Crippen molar-refractivity contribution in [2.24, 2.45) is 0 Å². The van der Waals surface area contributed by atoms with Gasteiger partial charge in [0, 0.05) is 36.6 Å². The number of nitrogens with one attached hydrogen (secondary N) is 2. The van der Waals surface area contributed by atoms with E-state index in [1.54, 1.807) is 37.6 Å². The Morgan fingerprint density at radius 1 is 1.32 bits per heavy atom. The first-order valence-corrected chi connectivity index (χ1v) is 10.3. The van der Waals surface area contributed by atoms with E-state index in [1.807, 2.05) is 30.1 Å². The van der Waals surface area contributed by atoms with E-state index in [0.717, 1.165) is 12.1 Å². The zero-order chi connectivity index (χ0) is 21.8. The molecule has 166 valence electrons. The van der Waals surface area contributed by atoms with Crippen molar-refractivity contribution < 1.29 is 24.1 Å². The number of carbonyl (C=O) groups is 1. The van der Waals surface area contributed by atoms with Crippen LogP contribution in [0.1, 0.15) is 5.69 Å². The van der Waals surface area contributed by atoms with Crippen LogP contribution < -0.4 is 15.4 Å². The molecule has 1 aromatic carbocycles. The lowest BCUT2D eigenvalue weighted by atomic mass is 9.95. The van der Waals surface area contributed by atoms with Crippen LogP contribution in [0.5, 0.6) is 5.75 Å². The summed E-state index contributed by atoms with van der Waals surface area (Å²) in [6.07, 6.45) is 0.700. The number of aliphatic hydroxyl groups is 1. The zero-order valence-electron chi connectivity index (χ0n) is 17.6. The van der Waals surface area contributed by atoms with Crippen molar-refractivity contribution in [3.8, 4) is 5.75 Å². The minimum atomic E-state index is -0.851. The Labute approximate surface area is 181 Å². The lowest BCUT2D eigenvalue weighted by molar-refractivity contribution is -0.176. The average molecular weight is 428 g/mol. The molecule has 9 nitrogen and oxygen atoms in total. The molecule has 2 amide bonds. The summed E-state index contributed by atoms with van der Waals surface area (Å²) in [5.74, 6) is 0.639. The summed E-state index contributed by atoms with van der Waals surface area (Å²) >= 11 is 0. The number of urea groups is 1. The second-order valence-electron chi connectivity index (χ2n) is 7.77.